The van der Waals surface area contributed by atoms with Gasteiger partial charge >= 0.3 is 0 Å². The van der Waals surface area contributed by atoms with Crippen LogP contribution in [-0.2, 0) is 4.79 Å². The highest BCUT2D eigenvalue weighted by molar-refractivity contribution is 5.83. The van der Waals surface area contributed by atoms with Crippen molar-refractivity contribution in [1.29, 1.82) is 0 Å². The summed E-state index contributed by atoms with van der Waals surface area (Å²) >= 11 is 0. The molecule has 0 atom stereocenters. The minimum atomic E-state index is 0.237. The van der Waals surface area contributed by atoms with Crippen LogP contribution in [0.1, 0.15) is 37.2 Å². The van der Waals surface area contributed by atoms with Crippen LogP contribution in [0.5, 0.6) is 11.5 Å². The van der Waals surface area contributed by atoms with Gasteiger partial charge in [0.1, 0.15) is 11.5 Å². The van der Waals surface area contributed by atoms with Crippen molar-refractivity contribution >= 4 is 16.8 Å². The molecule has 2 heterocycles. The first kappa shape index (κ1) is 19.4. The molecule has 3 aromatic rings. The molecule has 5 heteroatoms. The lowest BCUT2D eigenvalue weighted by Gasteiger charge is -2.32. The fourth-order valence-corrected chi connectivity index (χ4v) is 4.12. The Morgan fingerprint density at radius 2 is 1.79 bits per heavy atom. The maximum atomic E-state index is 12.5. The number of hydrogen-bond donors (Lipinski definition) is 1. The number of H-pyrrole nitrogens is 1. The maximum Gasteiger partial charge on any atom is 0.222 e. The van der Waals surface area contributed by atoms with E-state index in [4.69, 9.17) is 9.47 Å². The number of carbonyl (C=O) groups is 1. The van der Waals surface area contributed by atoms with Gasteiger partial charge in [-0.2, -0.15) is 0 Å². The van der Waals surface area contributed by atoms with E-state index in [1.165, 1.54) is 16.5 Å². The molecule has 0 spiro atoms. The summed E-state index contributed by atoms with van der Waals surface area (Å²) in [4.78, 5) is 17.9. The number of aromatic amines is 1. The second kappa shape index (κ2) is 9.03. The molecule has 0 unspecified atom stereocenters. The fraction of sp³-hybridized carbons (Fsp3) is 0.375. The molecule has 1 aliphatic rings. The number of likely N-dealkylation sites (tertiary alicyclic amines) is 1. The number of methoxy groups -OCH3 is 1. The Kier molecular flexibility index (Phi) is 6.03. The lowest BCUT2D eigenvalue weighted by Crippen LogP contribution is -2.37. The van der Waals surface area contributed by atoms with Gasteiger partial charge in [0.05, 0.1) is 13.7 Å². The van der Waals surface area contributed by atoms with Crippen molar-refractivity contribution in [2.45, 2.75) is 31.6 Å². The molecule has 1 N–H and O–H groups in total. The van der Waals surface area contributed by atoms with Crippen LogP contribution in [0, 0.1) is 0 Å². The van der Waals surface area contributed by atoms with E-state index in [0.717, 1.165) is 43.9 Å². The maximum absolute atomic E-state index is 12.5. The third kappa shape index (κ3) is 4.56. The number of para-hydroxylation sites is 1. The van der Waals surface area contributed by atoms with Crippen molar-refractivity contribution in [2.75, 3.05) is 26.8 Å². The molecule has 4 rings (SSSR count). The number of ether oxygens (including phenoxy) is 2. The number of aromatic nitrogens is 1. The van der Waals surface area contributed by atoms with Crippen molar-refractivity contribution in [3.05, 3.63) is 60.3 Å². The Balaban J connectivity index is 1.21. The number of fused-ring (bicyclic) bond motifs is 1. The summed E-state index contributed by atoms with van der Waals surface area (Å²) in [5.41, 5.74) is 2.58. The third-order valence-corrected chi connectivity index (χ3v) is 5.77. The molecule has 1 fully saturated rings. The van der Waals surface area contributed by atoms with Crippen LogP contribution in [0.15, 0.2) is 54.7 Å². The van der Waals surface area contributed by atoms with E-state index >= 15 is 0 Å². The molecule has 5 nitrogen and oxygen atoms in total. The Labute approximate surface area is 171 Å². The molecular weight excluding hydrogens is 364 g/mol. The Bertz CT molecular complexity index is 940. The van der Waals surface area contributed by atoms with E-state index in [1.54, 1.807) is 7.11 Å². The number of carbonyl (C=O) groups excluding carboxylic acids is 1. The minimum absolute atomic E-state index is 0.237. The molecule has 0 bridgehead atoms. The molecular formula is C24H28N2O3. The second-order valence-electron chi connectivity index (χ2n) is 7.57. The first-order chi connectivity index (χ1) is 14.2. The summed E-state index contributed by atoms with van der Waals surface area (Å²) in [6, 6.07) is 16.0. The van der Waals surface area contributed by atoms with Crippen LogP contribution < -0.4 is 9.47 Å². The molecule has 0 radical (unpaired) electrons. The van der Waals surface area contributed by atoms with Gasteiger partial charge in [-0.15, -0.1) is 0 Å². The minimum Gasteiger partial charge on any atom is -0.497 e. The van der Waals surface area contributed by atoms with Gasteiger partial charge in [0.25, 0.3) is 0 Å². The fourth-order valence-electron chi connectivity index (χ4n) is 4.12. The number of piperidine rings is 1. The van der Waals surface area contributed by atoms with Gasteiger partial charge in [-0.25, -0.2) is 0 Å². The quantitative estimate of drug-likeness (QED) is 0.591. The highest BCUT2D eigenvalue weighted by Crippen LogP contribution is 2.33. The Morgan fingerprint density at radius 1 is 1.07 bits per heavy atom. The van der Waals surface area contributed by atoms with Gasteiger partial charge in [0.2, 0.25) is 5.91 Å². The molecule has 2 aromatic carbocycles. The van der Waals surface area contributed by atoms with Crippen LogP contribution in [-0.4, -0.2) is 42.6 Å². The summed E-state index contributed by atoms with van der Waals surface area (Å²) in [6.07, 6.45) is 5.45. The molecule has 1 amide bonds. The smallest absolute Gasteiger partial charge is 0.222 e. The van der Waals surface area contributed by atoms with Gasteiger partial charge in [-0.05, 0) is 61.1 Å². The number of benzene rings is 2. The molecule has 29 heavy (non-hydrogen) atoms. The molecule has 1 aliphatic heterocycles. The number of amides is 1. The van der Waals surface area contributed by atoms with Gasteiger partial charge in [-0.3, -0.25) is 4.79 Å². The molecule has 1 saturated heterocycles. The van der Waals surface area contributed by atoms with Crippen LogP contribution >= 0.6 is 0 Å². The van der Waals surface area contributed by atoms with Crippen LogP contribution in [0.25, 0.3) is 10.9 Å². The van der Waals surface area contributed by atoms with Gasteiger partial charge in [0.15, 0.2) is 0 Å². The van der Waals surface area contributed by atoms with Crippen molar-refractivity contribution in [3.8, 4) is 11.5 Å². The highest BCUT2D eigenvalue weighted by Gasteiger charge is 2.25. The van der Waals surface area contributed by atoms with E-state index in [2.05, 4.69) is 35.4 Å². The standard InChI is InChI=1S/C24H28N2O3/c1-28-19-8-10-20(11-9-19)29-16-4-7-24(27)26-14-12-18(13-15-26)22-17-25-23-6-3-2-5-21(22)23/h2-3,5-6,8-11,17-18,25H,4,7,12-16H2,1H3. The third-order valence-electron chi connectivity index (χ3n) is 5.77. The molecule has 152 valence electrons. The number of hydrogen-bond acceptors (Lipinski definition) is 3. The summed E-state index contributed by atoms with van der Waals surface area (Å²) < 4.78 is 10.9. The van der Waals surface area contributed by atoms with Crippen molar-refractivity contribution < 1.29 is 14.3 Å². The zero-order chi connectivity index (χ0) is 20.1. The first-order valence-corrected chi connectivity index (χ1v) is 10.4. The number of nitrogens with zero attached hydrogens (tertiary/aromatic N) is 1. The van der Waals surface area contributed by atoms with Gasteiger partial charge < -0.3 is 19.4 Å². The average Bonchev–Trinajstić information content (AvgIpc) is 3.21. The van der Waals surface area contributed by atoms with Gasteiger partial charge in [0, 0.05) is 36.6 Å². The number of rotatable bonds is 7. The summed E-state index contributed by atoms with van der Waals surface area (Å²) in [5, 5.41) is 1.31. The molecule has 0 aliphatic carbocycles. The predicted octanol–water partition coefficient (Wildman–Crippen LogP) is 4.74. The summed E-state index contributed by atoms with van der Waals surface area (Å²) in [7, 11) is 1.64. The summed E-state index contributed by atoms with van der Waals surface area (Å²) in [6.45, 7) is 2.22. The van der Waals surface area contributed by atoms with Crippen molar-refractivity contribution in [2.24, 2.45) is 0 Å². The second-order valence-corrected chi connectivity index (χ2v) is 7.57. The molecule has 0 saturated carbocycles. The summed E-state index contributed by atoms with van der Waals surface area (Å²) in [5.74, 6) is 2.37. The van der Waals surface area contributed by atoms with Crippen LogP contribution in [0.2, 0.25) is 0 Å². The van der Waals surface area contributed by atoms with E-state index in [-0.39, 0.29) is 5.91 Å². The van der Waals surface area contributed by atoms with E-state index in [1.807, 2.05) is 29.2 Å². The van der Waals surface area contributed by atoms with E-state index in [0.29, 0.717) is 18.9 Å². The Hall–Kier alpha value is -2.95. The van der Waals surface area contributed by atoms with Crippen molar-refractivity contribution in [1.82, 2.24) is 9.88 Å². The van der Waals surface area contributed by atoms with E-state index < -0.39 is 0 Å². The van der Waals surface area contributed by atoms with Crippen LogP contribution in [0.3, 0.4) is 0 Å². The SMILES string of the molecule is COc1ccc(OCCCC(=O)N2CCC(c3c[nH]c4ccccc34)CC2)cc1. The zero-order valence-corrected chi connectivity index (χ0v) is 16.9. The first-order valence-electron chi connectivity index (χ1n) is 10.4. The highest BCUT2D eigenvalue weighted by atomic mass is 16.5. The lowest BCUT2D eigenvalue weighted by molar-refractivity contribution is -0.132. The van der Waals surface area contributed by atoms with E-state index in [9.17, 15) is 4.79 Å². The monoisotopic (exact) mass is 392 g/mol. The van der Waals surface area contributed by atoms with Crippen molar-refractivity contribution in [3.63, 3.8) is 0 Å². The average molecular weight is 392 g/mol. The molecule has 1 aromatic heterocycles. The predicted molar refractivity (Wildman–Crippen MR) is 115 cm³/mol. The lowest BCUT2D eigenvalue weighted by atomic mass is 9.89. The van der Waals surface area contributed by atoms with Crippen LogP contribution in [0.4, 0.5) is 0 Å². The topological polar surface area (TPSA) is 54.6 Å². The largest absolute Gasteiger partial charge is 0.497 e. The van der Waals surface area contributed by atoms with Gasteiger partial charge in [-0.1, -0.05) is 18.2 Å². The zero-order valence-electron chi connectivity index (χ0n) is 16.9. The Morgan fingerprint density at radius 3 is 2.55 bits per heavy atom. The number of nitrogens with one attached hydrogen (secondary N) is 1. The normalized spacial score (nSPS) is 14.9.